The number of aromatic nitrogens is 2. The van der Waals surface area contributed by atoms with E-state index in [9.17, 15) is 4.39 Å². The van der Waals surface area contributed by atoms with E-state index >= 15 is 0 Å². The molecule has 2 rings (SSSR count). The van der Waals surface area contributed by atoms with Crippen molar-refractivity contribution in [1.29, 1.82) is 0 Å². The summed E-state index contributed by atoms with van der Waals surface area (Å²) in [5.41, 5.74) is 0.625. The maximum atomic E-state index is 13.3. The molecule has 0 radical (unpaired) electrons. The minimum atomic E-state index is -0.445. The highest BCUT2D eigenvalue weighted by molar-refractivity contribution is 6.30. The molecule has 0 saturated heterocycles. The Bertz CT molecular complexity index is 522. The molecular formula is C12H13ClFN3. The third-order valence-corrected chi connectivity index (χ3v) is 2.71. The van der Waals surface area contributed by atoms with E-state index in [4.69, 9.17) is 11.6 Å². The standard InChI is InChI=1S/C12H13ClFN3/c1-8(2)17-6-5-15-12(17)16-9-3-4-10(13)11(14)7-9/h3-8H,1-2H3,(H,15,16). The number of benzene rings is 1. The van der Waals surface area contributed by atoms with Gasteiger partial charge in [-0.3, -0.25) is 0 Å². The molecule has 3 nitrogen and oxygen atoms in total. The molecule has 2 aromatic rings. The molecule has 5 heteroatoms. The van der Waals surface area contributed by atoms with E-state index in [-0.39, 0.29) is 11.1 Å². The predicted molar refractivity (Wildman–Crippen MR) is 67.3 cm³/mol. The summed E-state index contributed by atoms with van der Waals surface area (Å²) in [7, 11) is 0. The van der Waals surface area contributed by atoms with Gasteiger partial charge < -0.3 is 9.88 Å². The van der Waals surface area contributed by atoms with Crippen LogP contribution in [0.3, 0.4) is 0 Å². The van der Waals surface area contributed by atoms with Gasteiger partial charge in [-0.1, -0.05) is 11.6 Å². The second kappa shape index (κ2) is 4.75. The van der Waals surface area contributed by atoms with Crippen molar-refractivity contribution in [3.05, 3.63) is 41.4 Å². The van der Waals surface area contributed by atoms with Crippen LogP contribution in [-0.2, 0) is 0 Å². The van der Waals surface area contributed by atoms with E-state index in [0.29, 0.717) is 11.6 Å². The highest BCUT2D eigenvalue weighted by Crippen LogP contribution is 2.22. The Morgan fingerprint density at radius 2 is 2.18 bits per heavy atom. The van der Waals surface area contributed by atoms with E-state index in [1.54, 1.807) is 12.3 Å². The lowest BCUT2D eigenvalue weighted by atomic mass is 10.3. The van der Waals surface area contributed by atoms with E-state index in [1.807, 2.05) is 10.8 Å². The monoisotopic (exact) mass is 253 g/mol. The van der Waals surface area contributed by atoms with Gasteiger partial charge in [0.2, 0.25) is 5.95 Å². The summed E-state index contributed by atoms with van der Waals surface area (Å²) < 4.78 is 15.2. The summed E-state index contributed by atoms with van der Waals surface area (Å²) in [6.07, 6.45) is 3.58. The maximum Gasteiger partial charge on any atom is 0.207 e. The molecule has 0 amide bonds. The SMILES string of the molecule is CC(C)n1ccnc1Nc1ccc(Cl)c(F)c1. The van der Waals surface area contributed by atoms with Crippen molar-refractivity contribution in [3.8, 4) is 0 Å². The minimum Gasteiger partial charge on any atom is -0.326 e. The van der Waals surface area contributed by atoms with Crippen LogP contribution >= 0.6 is 11.6 Å². The van der Waals surface area contributed by atoms with Crippen molar-refractivity contribution in [1.82, 2.24) is 9.55 Å². The molecule has 0 bridgehead atoms. The van der Waals surface area contributed by atoms with Gasteiger partial charge in [0.05, 0.1) is 5.02 Å². The average Bonchev–Trinajstić information content (AvgIpc) is 2.72. The Balaban J connectivity index is 2.25. The largest absolute Gasteiger partial charge is 0.326 e. The first-order valence-electron chi connectivity index (χ1n) is 5.33. The Labute approximate surface area is 104 Å². The summed E-state index contributed by atoms with van der Waals surface area (Å²) in [6, 6.07) is 4.87. The van der Waals surface area contributed by atoms with Crippen LogP contribution in [0.15, 0.2) is 30.6 Å². The van der Waals surface area contributed by atoms with Gasteiger partial charge in [0.15, 0.2) is 0 Å². The van der Waals surface area contributed by atoms with Gasteiger partial charge in [0.1, 0.15) is 5.82 Å². The van der Waals surface area contributed by atoms with Crippen molar-refractivity contribution in [3.63, 3.8) is 0 Å². The summed E-state index contributed by atoms with van der Waals surface area (Å²) in [4.78, 5) is 4.18. The molecule has 1 aromatic carbocycles. The lowest BCUT2D eigenvalue weighted by Crippen LogP contribution is -2.05. The number of nitrogens with zero attached hydrogens (tertiary/aromatic N) is 2. The van der Waals surface area contributed by atoms with Gasteiger partial charge in [0.25, 0.3) is 0 Å². The van der Waals surface area contributed by atoms with Gasteiger partial charge in [0, 0.05) is 24.1 Å². The highest BCUT2D eigenvalue weighted by Gasteiger charge is 2.07. The molecule has 0 saturated carbocycles. The zero-order valence-corrected chi connectivity index (χ0v) is 10.4. The Hall–Kier alpha value is -1.55. The molecule has 0 unspecified atom stereocenters. The summed E-state index contributed by atoms with van der Waals surface area (Å²) >= 11 is 5.62. The van der Waals surface area contributed by atoms with E-state index in [1.165, 1.54) is 12.1 Å². The zero-order valence-electron chi connectivity index (χ0n) is 9.61. The number of halogens is 2. The second-order valence-corrected chi connectivity index (χ2v) is 4.41. The van der Waals surface area contributed by atoms with E-state index in [2.05, 4.69) is 24.1 Å². The molecule has 0 aliphatic rings. The first-order valence-corrected chi connectivity index (χ1v) is 5.70. The van der Waals surface area contributed by atoms with Gasteiger partial charge in [-0.15, -0.1) is 0 Å². The average molecular weight is 254 g/mol. The normalized spacial score (nSPS) is 10.9. The Morgan fingerprint density at radius 1 is 1.41 bits per heavy atom. The first-order chi connectivity index (χ1) is 8.08. The van der Waals surface area contributed by atoms with Gasteiger partial charge in [-0.25, -0.2) is 9.37 Å². The minimum absolute atomic E-state index is 0.114. The first kappa shape index (κ1) is 11.9. The number of hydrogen-bond acceptors (Lipinski definition) is 2. The third kappa shape index (κ3) is 2.58. The molecule has 0 spiro atoms. The zero-order chi connectivity index (χ0) is 12.4. The van der Waals surface area contributed by atoms with Gasteiger partial charge in [-0.2, -0.15) is 0 Å². The fraction of sp³-hybridized carbons (Fsp3) is 0.250. The van der Waals surface area contributed by atoms with Crippen LogP contribution in [0.2, 0.25) is 5.02 Å². The Kier molecular flexibility index (Phi) is 3.33. The van der Waals surface area contributed by atoms with Crippen LogP contribution in [0, 0.1) is 5.82 Å². The van der Waals surface area contributed by atoms with Crippen molar-refractivity contribution in [2.24, 2.45) is 0 Å². The molecule has 90 valence electrons. The van der Waals surface area contributed by atoms with Crippen LogP contribution in [0.5, 0.6) is 0 Å². The fourth-order valence-electron chi connectivity index (χ4n) is 1.53. The van der Waals surface area contributed by atoms with Crippen molar-refractivity contribution < 1.29 is 4.39 Å². The maximum absolute atomic E-state index is 13.3. The molecule has 0 aliphatic carbocycles. The number of imidazole rings is 1. The molecular weight excluding hydrogens is 241 g/mol. The second-order valence-electron chi connectivity index (χ2n) is 4.01. The molecule has 0 atom stereocenters. The van der Waals surface area contributed by atoms with E-state index in [0.717, 1.165) is 0 Å². The van der Waals surface area contributed by atoms with Crippen molar-refractivity contribution in [2.45, 2.75) is 19.9 Å². The molecule has 1 heterocycles. The van der Waals surface area contributed by atoms with Crippen LogP contribution in [0.4, 0.5) is 16.0 Å². The fourth-order valence-corrected chi connectivity index (χ4v) is 1.65. The molecule has 0 aliphatic heterocycles. The number of rotatable bonds is 3. The van der Waals surface area contributed by atoms with Crippen LogP contribution in [0.1, 0.15) is 19.9 Å². The van der Waals surface area contributed by atoms with Crippen LogP contribution in [-0.4, -0.2) is 9.55 Å². The number of anilines is 2. The smallest absolute Gasteiger partial charge is 0.207 e. The predicted octanol–water partition coefficient (Wildman–Crippen LogP) is 4.00. The number of hydrogen-bond donors (Lipinski definition) is 1. The topological polar surface area (TPSA) is 29.9 Å². The molecule has 1 N–H and O–H groups in total. The Morgan fingerprint density at radius 3 is 2.82 bits per heavy atom. The molecule has 17 heavy (non-hydrogen) atoms. The van der Waals surface area contributed by atoms with Gasteiger partial charge >= 0.3 is 0 Å². The summed E-state index contributed by atoms with van der Waals surface area (Å²) in [5, 5.41) is 3.17. The lowest BCUT2D eigenvalue weighted by Gasteiger charge is -2.12. The van der Waals surface area contributed by atoms with Crippen LogP contribution < -0.4 is 5.32 Å². The van der Waals surface area contributed by atoms with Crippen LogP contribution in [0.25, 0.3) is 0 Å². The summed E-state index contributed by atoms with van der Waals surface area (Å²) in [6.45, 7) is 4.10. The third-order valence-electron chi connectivity index (χ3n) is 2.40. The highest BCUT2D eigenvalue weighted by atomic mass is 35.5. The molecule has 1 aromatic heterocycles. The van der Waals surface area contributed by atoms with E-state index < -0.39 is 5.82 Å². The van der Waals surface area contributed by atoms with Gasteiger partial charge in [-0.05, 0) is 32.0 Å². The number of nitrogens with one attached hydrogen (secondary N) is 1. The molecule has 0 fully saturated rings. The quantitative estimate of drug-likeness (QED) is 0.896. The lowest BCUT2D eigenvalue weighted by molar-refractivity contribution is 0.607. The van der Waals surface area contributed by atoms with Crippen molar-refractivity contribution in [2.75, 3.05) is 5.32 Å². The summed E-state index contributed by atoms with van der Waals surface area (Å²) in [5.74, 6) is 0.237. The van der Waals surface area contributed by atoms with Crippen molar-refractivity contribution >= 4 is 23.2 Å².